The predicted octanol–water partition coefficient (Wildman–Crippen LogP) is 2.65. The van der Waals surface area contributed by atoms with Gasteiger partial charge < -0.3 is 9.84 Å². The lowest BCUT2D eigenvalue weighted by molar-refractivity contribution is 0.0988. The Kier molecular flexibility index (Phi) is 3.26. The van der Waals surface area contributed by atoms with Crippen molar-refractivity contribution in [2.24, 2.45) is 0 Å². The molecule has 82 valence electrons. The molecule has 1 N–H and O–H groups in total. The number of rotatable bonds is 3. The van der Waals surface area contributed by atoms with Gasteiger partial charge in [-0.25, -0.2) is 0 Å². The molecule has 0 unspecified atom stereocenters. The Bertz CT molecular complexity index is 482. The van der Waals surface area contributed by atoms with Gasteiger partial charge in [-0.1, -0.05) is 11.2 Å². The molecule has 0 fully saturated rings. The second-order valence-corrected chi connectivity index (χ2v) is 3.94. The highest BCUT2D eigenvalue weighted by Gasteiger charge is 2.09. The minimum Gasteiger partial charge on any atom is -0.351 e. The maximum absolute atomic E-state index is 11.6. The van der Waals surface area contributed by atoms with Crippen LogP contribution in [0.1, 0.15) is 10.6 Å². The van der Waals surface area contributed by atoms with Crippen molar-refractivity contribution in [2.45, 2.75) is 4.90 Å². The van der Waals surface area contributed by atoms with Crippen molar-refractivity contribution in [3.8, 4) is 0 Å². The van der Waals surface area contributed by atoms with Gasteiger partial charge in [0.05, 0.1) is 6.20 Å². The van der Waals surface area contributed by atoms with Gasteiger partial charge in [-0.15, -0.1) is 11.8 Å². The molecule has 0 atom stereocenters. The van der Waals surface area contributed by atoms with Crippen LogP contribution < -0.4 is 5.32 Å². The molecule has 2 aromatic rings. The smallest absolute Gasteiger partial charge is 0.294 e. The summed E-state index contributed by atoms with van der Waals surface area (Å²) in [6.45, 7) is 0. The summed E-state index contributed by atoms with van der Waals surface area (Å²) in [6.07, 6.45) is 3.42. The van der Waals surface area contributed by atoms with Crippen molar-refractivity contribution < 1.29 is 9.32 Å². The number of amides is 1. The van der Waals surface area contributed by atoms with Gasteiger partial charge in [-0.2, -0.15) is 0 Å². The number of carbonyl (C=O) groups excluding carboxylic acids is 1. The third-order valence-electron chi connectivity index (χ3n) is 1.99. The zero-order valence-corrected chi connectivity index (χ0v) is 9.45. The molecule has 0 saturated heterocycles. The summed E-state index contributed by atoms with van der Waals surface area (Å²) < 4.78 is 4.76. The maximum Gasteiger partial charge on any atom is 0.294 e. The largest absolute Gasteiger partial charge is 0.351 e. The van der Waals surface area contributed by atoms with Crippen molar-refractivity contribution >= 4 is 23.4 Å². The molecule has 0 aliphatic carbocycles. The Hall–Kier alpha value is -1.75. The monoisotopic (exact) mass is 234 g/mol. The predicted molar refractivity (Wildman–Crippen MR) is 62.7 cm³/mol. The number of hydrogen-bond donors (Lipinski definition) is 1. The van der Waals surface area contributed by atoms with Crippen LogP contribution in [-0.4, -0.2) is 17.3 Å². The van der Waals surface area contributed by atoms with Crippen LogP contribution in [0, 0.1) is 0 Å². The van der Waals surface area contributed by atoms with Crippen molar-refractivity contribution in [3.63, 3.8) is 0 Å². The fourth-order valence-corrected chi connectivity index (χ4v) is 1.69. The normalized spacial score (nSPS) is 10.1. The molecule has 1 aromatic heterocycles. The quantitative estimate of drug-likeness (QED) is 0.829. The van der Waals surface area contributed by atoms with Gasteiger partial charge in [-0.05, 0) is 24.5 Å². The van der Waals surface area contributed by atoms with E-state index in [1.54, 1.807) is 11.8 Å². The number of nitrogens with zero attached hydrogens (tertiary/aromatic N) is 1. The molecule has 4 nitrogen and oxygen atoms in total. The molecule has 1 aromatic carbocycles. The fourth-order valence-electron chi connectivity index (χ4n) is 1.23. The SMILES string of the molecule is CSc1cccc(NC(=O)c2ccno2)c1. The molecule has 16 heavy (non-hydrogen) atoms. The van der Waals surface area contributed by atoms with E-state index in [4.69, 9.17) is 4.52 Å². The van der Waals surface area contributed by atoms with Crippen LogP contribution in [0.15, 0.2) is 45.9 Å². The zero-order valence-electron chi connectivity index (χ0n) is 8.64. The molecule has 5 heteroatoms. The topological polar surface area (TPSA) is 55.1 Å². The second-order valence-electron chi connectivity index (χ2n) is 3.06. The summed E-state index contributed by atoms with van der Waals surface area (Å²) in [5, 5.41) is 6.21. The van der Waals surface area contributed by atoms with Gasteiger partial charge in [0.1, 0.15) is 0 Å². The zero-order chi connectivity index (χ0) is 11.4. The third-order valence-corrected chi connectivity index (χ3v) is 2.71. The van der Waals surface area contributed by atoms with Crippen molar-refractivity contribution in [1.82, 2.24) is 5.16 Å². The Labute approximate surface area is 97.0 Å². The van der Waals surface area contributed by atoms with E-state index in [0.717, 1.165) is 10.6 Å². The summed E-state index contributed by atoms with van der Waals surface area (Å²) in [7, 11) is 0. The standard InChI is InChI=1S/C11H10N2O2S/c1-16-9-4-2-3-8(7-9)13-11(14)10-5-6-12-15-10/h2-7H,1H3,(H,13,14). The first-order valence-electron chi connectivity index (χ1n) is 4.65. The molecule has 2 rings (SSSR count). The lowest BCUT2D eigenvalue weighted by atomic mass is 10.3. The minimum atomic E-state index is -0.296. The van der Waals surface area contributed by atoms with E-state index in [1.807, 2.05) is 30.5 Å². The molecule has 0 radical (unpaired) electrons. The van der Waals surface area contributed by atoms with E-state index in [9.17, 15) is 4.79 Å². The molecule has 0 aliphatic heterocycles. The molecule has 1 heterocycles. The van der Waals surface area contributed by atoms with E-state index >= 15 is 0 Å². The number of thioether (sulfide) groups is 1. The van der Waals surface area contributed by atoms with E-state index in [0.29, 0.717) is 0 Å². The van der Waals surface area contributed by atoms with Crippen molar-refractivity contribution in [1.29, 1.82) is 0 Å². The van der Waals surface area contributed by atoms with Crippen molar-refractivity contribution in [2.75, 3.05) is 11.6 Å². The lowest BCUT2D eigenvalue weighted by Crippen LogP contribution is -2.10. The molecule has 0 bridgehead atoms. The average molecular weight is 234 g/mol. The van der Waals surface area contributed by atoms with E-state index in [-0.39, 0.29) is 11.7 Å². The summed E-state index contributed by atoms with van der Waals surface area (Å²) in [6, 6.07) is 9.12. The van der Waals surface area contributed by atoms with Crippen LogP contribution in [0.3, 0.4) is 0 Å². The van der Waals surface area contributed by atoms with Crippen LogP contribution in [-0.2, 0) is 0 Å². The Morgan fingerprint density at radius 3 is 3.00 bits per heavy atom. The number of anilines is 1. The highest BCUT2D eigenvalue weighted by molar-refractivity contribution is 7.98. The van der Waals surface area contributed by atoms with Gasteiger partial charge in [0.25, 0.3) is 5.91 Å². The van der Waals surface area contributed by atoms with Gasteiger partial charge in [-0.3, -0.25) is 4.79 Å². The molecular weight excluding hydrogens is 224 g/mol. The number of hydrogen-bond acceptors (Lipinski definition) is 4. The molecule has 0 spiro atoms. The number of aromatic nitrogens is 1. The van der Waals surface area contributed by atoms with Crippen LogP contribution in [0.25, 0.3) is 0 Å². The minimum absolute atomic E-state index is 0.203. The first-order chi connectivity index (χ1) is 7.79. The van der Waals surface area contributed by atoms with Crippen LogP contribution in [0.2, 0.25) is 0 Å². The number of benzene rings is 1. The van der Waals surface area contributed by atoms with E-state index < -0.39 is 0 Å². The van der Waals surface area contributed by atoms with Gasteiger partial charge in [0.2, 0.25) is 5.76 Å². The Morgan fingerprint density at radius 1 is 1.44 bits per heavy atom. The first-order valence-corrected chi connectivity index (χ1v) is 5.88. The van der Waals surface area contributed by atoms with Gasteiger partial charge in [0.15, 0.2) is 0 Å². The number of nitrogens with one attached hydrogen (secondary N) is 1. The molecule has 0 saturated carbocycles. The van der Waals surface area contributed by atoms with Crippen molar-refractivity contribution in [3.05, 3.63) is 42.3 Å². The first kappa shape index (κ1) is 10.8. The van der Waals surface area contributed by atoms with Crippen LogP contribution in [0.5, 0.6) is 0 Å². The van der Waals surface area contributed by atoms with E-state index in [1.165, 1.54) is 12.3 Å². The summed E-state index contributed by atoms with van der Waals surface area (Å²) in [5.74, 6) is -0.0923. The fraction of sp³-hybridized carbons (Fsp3) is 0.0909. The van der Waals surface area contributed by atoms with Gasteiger partial charge in [0, 0.05) is 16.6 Å². The summed E-state index contributed by atoms with van der Waals surface area (Å²) >= 11 is 1.62. The third kappa shape index (κ3) is 2.43. The summed E-state index contributed by atoms with van der Waals surface area (Å²) in [4.78, 5) is 12.7. The molecule has 1 amide bonds. The lowest BCUT2D eigenvalue weighted by Gasteiger charge is -2.03. The second kappa shape index (κ2) is 4.85. The summed E-state index contributed by atoms with van der Waals surface area (Å²) in [5.41, 5.74) is 0.744. The Balaban J connectivity index is 2.12. The Morgan fingerprint density at radius 2 is 2.31 bits per heavy atom. The van der Waals surface area contributed by atoms with E-state index in [2.05, 4.69) is 10.5 Å². The highest BCUT2D eigenvalue weighted by atomic mass is 32.2. The highest BCUT2D eigenvalue weighted by Crippen LogP contribution is 2.19. The maximum atomic E-state index is 11.6. The molecule has 0 aliphatic rings. The van der Waals surface area contributed by atoms with Crippen LogP contribution in [0.4, 0.5) is 5.69 Å². The number of carbonyl (C=O) groups is 1. The van der Waals surface area contributed by atoms with Gasteiger partial charge >= 0.3 is 0 Å². The van der Waals surface area contributed by atoms with Crippen LogP contribution >= 0.6 is 11.8 Å². The average Bonchev–Trinajstić information content (AvgIpc) is 2.83. The molecular formula is C11H10N2O2S.